The maximum absolute atomic E-state index is 4.61. The molecule has 3 aromatic rings. The SMILES string of the molecule is C=N/C=C(\C=NC)Nc1cc(-c2c(C)nc3ccccn23)cs1. The second kappa shape index (κ2) is 6.58. The number of aliphatic imine (C=N–C) groups is 2. The highest BCUT2D eigenvalue weighted by Gasteiger charge is 2.12. The van der Waals surface area contributed by atoms with Crippen LogP contribution in [-0.2, 0) is 0 Å². The summed E-state index contributed by atoms with van der Waals surface area (Å²) < 4.78 is 2.11. The third-order valence-corrected chi connectivity index (χ3v) is 4.19. The molecule has 116 valence electrons. The Balaban J connectivity index is 1.96. The van der Waals surface area contributed by atoms with Gasteiger partial charge in [-0.3, -0.25) is 14.4 Å². The zero-order valence-electron chi connectivity index (χ0n) is 13.0. The van der Waals surface area contributed by atoms with E-state index in [0.717, 1.165) is 33.3 Å². The molecule has 23 heavy (non-hydrogen) atoms. The number of nitrogens with zero attached hydrogens (tertiary/aromatic N) is 4. The maximum atomic E-state index is 4.61. The van der Waals surface area contributed by atoms with Crippen LogP contribution in [0.5, 0.6) is 0 Å². The lowest BCUT2D eigenvalue weighted by molar-refractivity contribution is 1.19. The van der Waals surface area contributed by atoms with Gasteiger partial charge in [0.05, 0.1) is 28.3 Å². The van der Waals surface area contributed by atoms with Crippen LogP contribution in [0.15, 0.2) is 57.7 Å². The molecule has 0 aliphatic rings. The Bertz CT molecular complexity index is 901. The lowest BCUT2D eigenvalue weighted by Crippen LogP contribution is -1.98. The second-order valence-corrected chi connectivity index (χ2v) is 5.86. The van der Waals surface area contributed by atoms with E-state index in [1.807, 2.05) is 31.3 Å². The van der Waals surface area contributed by atoms with Crippen LogP contribution in [-0.4, -0.2) is 29.4 Å². The van der Waals surface area contributed by atoms with Crippen LogP contribution in [0.4, 0.5) is 5.00 Å². The minimum Gasteiger partial charge on any atom is -0.345 e. The Kier molecular flexibility index (Phi) is 4.34. The van der Waals surface area contributed by atoms with E-state index in [1.165, 1.54) is 0 Å². The summed E-state index contributed by atoms with van der Waals surface area (Å²) in [5.41, 5.74) is 5.01. The number of allylic oxidation sites excluding steroid dienone is 1. The van der Waals surface area contributed by atoms with E-state index >= 15 is 0 Å². The number of nitrogens with one attached hydrogen (secondary N) is 1. The summed E-state index contributed by atoms with van der Waals surface area (Å²) in [6, 6.07) is 8.12. The molecule has 0 aliphatic heterocycles. The Morgan fingerprint density at radius 2 is 2.30 bits per heavy atom. The Morgan fingerprint density at radius 1 is 1.43 bits per heavy atom. The molecule has 0 bridgehead atoms. The largest absolute Gasteiger partial charge is 0.345 e. The molecule has 0 fully saturated rings. The first kappa shape index (κ1) is 15.2. The van der Waals surface area contributed by atoms with Crippen LogP contribution in [0, 0.1) is 6.92 Å². The molecule has 5 nitrogen and oxygen atoms in total. The van der Waals surface area contributed by atoms with E-state index in [-0.39, 0.29) is 0 Å². The van der Waals surface area contributed by atoms with Crippen molar-refractivity contribution in [1.29, 1.82) is 0 Å². The van der Waals surface area contributed by atoms with Gasteiger partial charge in [0.1, 0.15) is 5.65 Å². The van der Waals surface area contributed by atoms with E-state index in [0.29, 0.717) is 0 Å². The fraction of sp³-hybridized carbons (Fsp3) is 0.118. The third kappa shape index (κ3) is 3.07. The summed E-state index contributed by atoms with van der Waals surface area (Å²) in [6.45, 7) is 5.51. The van der Waals surface area contributed by atoms with Gasteiger partial charge in [-0.05, 0) is 31.8 Å². The van der Waals surface area contributed by atoms with E-state index in [4.69, 9.17) is 0 Å². The number of hydrogen-bond acceptors (Lipinski definition) is 5. The quantitative estimate of drug-likeness (QED) is 0.721. The van der Waals surface area contributed by atoms with Crippen molar-refractivity contribution in [2.24, 2.45) is 9.98 Å². The number of thiophene rings is 1. The van der Waals surface area contributed by atoms with Gasteiger partial charge in [-0.1, -0.05) is 6.07 Å². The fourth-order valence-corrected chi connectivity index (χ4v) is 3.27. The molecule has 1 N–H and O–H groups in total. The maximum Gasteiger partial charge on any atom is 0.137 e. The van der Waals surface area contributed by atoms with Gasteiger partial charge in [-0.25, -0.2) is 4.98 Å². The summed E-state index contributed by atoms with van der Waals surface area (Å²) in [5.74, 6) is 0. The normalized spacial score (nSPS) is 12.2. The van der Waals surface area contributed by atoms with Crippen LogP contribution in [0.25, 0.3) is 16.9 Å². The zero-order valence-corrected chi connectivity index (χ0v) is 13.8. The van der Waals surface area contributed by atoms with Crippen LogP contribution in [0.3, 0.4) is 0 Å². The molecule has 0 spiro atoms. The van der Waals surface area contributed by atoms with Crippen molar-refractivity contribution >= 4 is 34.9 Å². The first-order valence-electron chi connectivity index (χ1n) is 7.10. The molecular weight excluding hydrogens is 306 g/mol. The molecule has 3 aromatic heterocycles. The highest BCUT2D eigenvalue weighted by atomic mass is 32.1. The molecule has 0 saturated heterocycles. The average Bonchev–Trinajstić information content (AvgIpc) is 3.10. The van der Waals surface area contributed by atoms with Gasteiger partial charge in [-0.2, -0.15) is 0 Å². The van der Waals surface area contributed by atoms with Gasteiger partial charge >= 0.3 is 0 Å². The molecule has 0 aliphatic carbocycles. The minimum atomic E-state index is 0.797. The molecule has 0 unspecified atom stereocenters. The fourth-order valence-electron chi connectivity index (χ4n) is 2.46. The predicted molar refractivity (Wildman–Crippen MR) is 98.9 cm³/mol. The number of rotatable bonds is 5. The molecule has 0 radical (unpaired) electrons. The number of aromatic nitrogens is 2. The van der Waals surface area contributed by atoms with Crippen LogP contribution < -0.4 is 5.32 Å². The summed E-state index contributed by atoms with van der Waals surface area (Å²) in [4.78, 5) is 12.4. The summed E-state index contributed by atoms with van der Waals surface area (Å²) >= 11 is 1.63. The average molecular weight is 323 g/mol. The predicted octanol–water partition coefficient (Wildman–Crippen LogP) is 4.03. The van der Waals surface area contributed by atoms with Crippen molar-refractivity contribution < 1.29 is 0 Å². The van der Waals surface area contributed by atoms with E-state index in [2.05, 4.69) is 42.9 Å². The van der Waals surface area contributed by atoms with E-state index in [1.54, 1.807) is 30.8 Å². The van der Waals surface area contributed by atoms with Crippen molar-refractivity contribution in [2.75, 3.05) is 12.4 Å². The number of anilines is 1. The number of fused-ring (bicyclic) bond motifs is 1. The second-order valence-electron chi connectivity index (χ2n) is 4.95. The first-order valence-corrected chi connectivity index (χ1v) is 7.98. The lowest BCUT2D eigenvalue weighted by Gasteiger charge is -2.02. The Hall–Kier alpha value is -2.73. The van der Waals surface area contributed by atoms with Gasteiger partial charge in [-0.15, -0.1) is 11.3 Å². The third-order valence-electron chi connectivity index (χ3n) is 3.34. The van der Waals surface area contributed by atoms with E-state index < -0.39 is 0 Å². The van der Waals surface area contributed by atoms with Gasteiger partial charge in [0.15, 0.2) is 0 Å². The molecule has 0 atom stereocenters. The molecule has 3 heterocycles. The minimum absolute atomic E-state index is 0.797. The van der Waals surface area contributed by atoms with Crippen molar-refractivity contribution in [3.8, 4) is 11.3 Å². The van der Waals surface area contributed by atoms with Crippen LogP contribution in [0.2, 0.25) is 0 Å². The topological polar surface area (TPSA) is 54.0 Å². The van der Waals surface area contributed by atoms with E-state index in [9.17, 15) is 0 Å². The van der Waals surface area contributed by atoms with Gasteiger partial charge in [0.25, 0.3) is 0 Å². The molecule has 6 heteroatoms. The molecule has 3 rings (SSSR count). The van der Waals surface area contributed by atoms with Crippen molar-refractivity contribution in [2.45, 2.75) is 6.92 Å². The van der Waals surface area contributed by atoms with Crippen molar-refractivity contribution in [3.05, 3.63) is 53.4 Å². The molecule has 0 saturated carbocycles. The Morgan fingerprint density at radius 3 is 3.09 bits per heavy atom. The van der Waals surface area contributed by atoms with Crippen LogP contribution >= 0.6 is 11.3 Å². The number of imidazole rings is 1. The number of hydrogen-bond donors (Lipinski definition) is 1. The highest BCUT2D eigenvalue weighted by Crippen LogP contribution is 2.32. The van der Waals surface area contributed by atoms with Gasteiger partial charge in [0, 0.05) is 30.4 Å². The van der Waals surface area contributed by atoms with Crippen LogP contribution in [0.1, 0.15) is 5.69 Å². The monoisotopic (exact) mass is 323 g/mol. The molecule has 0 amide bonds. The first-order chi connectivity index (χ1) is 11.2. The summed E-state index contributed by atoms with van der Waals surface area (Å²) in [7, 11) is 1.72. The number of aryl methyl sites for hydroxylation is 1. The Labute approximate surface area is 138 Å². The van der Waals surface area contributed by atoms with Crippen molar-refractivity contribution in [1.82, 2.24) is 9.38 Å². The highest BCUT2D eigenvalue weighted by molar-refractivity contribution is 7.14. The summed E-state index contributed by atoms with van der Waals surface area (Å²) in [5, 5.41) is 6.43. The zero-order chi connectivity index (χ0) is 16.2. The van der Waals surface area contributed by atoms with Gasteiger partial charge in [0.2, 0.25) is 0 Å². The van der Waals surface area contributed by atoms with Crippen molar-refractivity contribution in [3.63, 3.8) is 0 Å². The van der Waals surface area contributed by atoms with Gasteiger partial charge < -0.3 is 5.32 Å². The molecule has 0 aromatic carbocycles. The number of pyridine rings is 1. The lowest BCUT2D eigenvalue weighted by atomic mass is 10.2. The standard InChI is InChI=1S/C17H17N5S/c1-12-17(22-7-5-4-6-15(22)20-12)13-8-16(23-11-13)21-14(9-18-2)10-19-3/h4-11,21H,2H2,1,3H3/b14-9+,19-10?. The smallest absolute Gasteiger partial charge is 0.137 e. The molecular formula is C17H17N5S. The summed E-state index contributed by atoms with van der Waals surface area (Å²) in [6.07, 6.45) is 5.39.